The van der Waals surface area contributed by atoms with E-state index in [4.69, 9.17) is 4.74 Å². The molecule has 1 N–H and O–H groups in total. The molecule has 2 atom stereocenters. The van der Waals surface area contributed by atoms with Gasteiger partial charge in [0.1, 0.15) is 24.2 Å². The van der Waals surface area contributed by atoms with Crippen molar-refractivity contribution in [1.29, 1.82) is 0 Å². The molecule has 0 unspecified atom stereocenters. The molecule has 0 fully saturated rings. The molecule has 0 aliphatic carbocycles. The van der Waals surface area contributed by atoms with E-state index in [1.165, 1.54) is 29.2 Å². The molecule has 0 bridgehead atoms. The quantitative estimate of drug-likeness (QED) is 0.162. The maximum absolute atomic E-state index is 14.5. The summed E-state index contributed by atoms with van der Waals surface area (Å²) in [5, 5.41) is 3.03. The fourth-order valence-electron chi connectivity index (χ4n) is 5.14. The van der Waals surface area contributed by atoms with Gasteiger partial charge in [0.15, 0.2) is 0 Å². The van der Waals surface area contributed by atoms with Crippen molar-refractivity contribution in [3.8, 4) is 5.75 Å². The molecule has 8 nitrogen and oxygen atoms in total. The summed E-state index contributed by atoms with van der Waals surface area (Å²) in [7, 11) is -4.33. The standard InChI is InChI=1S/C37H42FN3O5S/c1-5-28(4)39-37(43)35(24-29-12-8-7-9-13-29)40(25-30-14-10-11-27(3)23-30)36(42)26-41(32-17-15-31(38)16-18-32)47(44,45)34-21-19-33(20-22-34)46-6-2/h7-23,28,35H,5-6,24-26H2,1-4H3,(H,39,43)/t28-,35-/m0/s1. The first kappa shape index (κ1) is 35.2. The van der Waals surface area contributed by atoms with Crippen LogP contribution in [0.1, 0.15) is 43.9 Å². The molecule has 0 aliphatic heterocycles. The number of nitrogens with one attached hydrogen (secondary N) is 1. The molecule has 4 rings (SSSR count). The second kappa shape index (κ2) is 16.2. The van der Waals surface area contributed by atoms with Crippen molar-refractivity contribution >= 4 is 27.5 Å². The molecule has 0 heterocycles. The van der Waals surface area contributed by atoms with E-state index in [0.29, 0.717) is 18.8 Å². The number of halogens is 1. The number of rotatable bonds is 15. The lowest BCUT2D eigenvalue weighted by Gasteiger charge is -2.34. The zero-order valence-electron chi connectivity index (χ0n) is 27.2. The van der Waals surface area contributed by atoms with Crippen molar-refractivity contribution < 1.29 is 27.1 Å². The first-order valence-corrected chi connectivity index (χ1v) is 17.2. The normalized spacial score (nSPS) is 12.5. The van der Waals surface area contributed by atoms with E-state index < -0.39 is 34.3 Å². The Morgan fingerprint density at radius 2 is 1.53 bits per heavy atom. The number of hydrogen-bond donors (Lipinski definition) is 1. The zero-order chi connectivity index (χ0) is 34.0. The molecule has 0 saturated carbocycles. The lowest BCUT2D eigenvalue weighted by atomic mass is 10.0. The van der Waals surface area contributed by atoms with Gasteiger partial charge in [-0.1, -0.05) is 67.1 Å². The second-order valence-corrected chi connectivity index (χ2v) is 13.3. The van der Waals surface area contributed by atoms with Crippen LogP contribution in [-0.4, -0.2) is 50.4 Å². The lowest BCUT2D eigenvalue weighted by Crippen LogP contribution is -2.54. The number of benzene rings is 4. The Morgan fingerprint density at radius 3 is 2.15 bits per heavy atom. The minimum atomic E-state index is -4.33. The summed E-state index contributed by atoms with van der Waals surface area (Å²) in [6, 6.07) is 26.7. The number of nitrogens with zero attached hydrogens (tertiary/aromatic N) is 2. The Bertz CT molecular complexity index is 1730. The molecule has 4 aromatic carbocycles. The highest BCUT2D eigenvalue weighted by atomic mass is 32.2. The summed E-state index contributed by atoms with van der Waals surface area (Å²) in [4.78, 5) is 29.8. The van der Waals surface area contributed by atoms with Gasteiger partial charge in [0.05, 0.1) is 17.2 Å². The van der Waals surface area contributed by atoms with Crippen LogP contribution in [0.5, 0.6) is 5.75 Å². The highest BCUT2D eigenvalue weighted by Gasteiger charge is 2.35. The molecule has 0 radical (unpaired) electrons. The highest BCUT2D eigenvalue weighted by Crippen LogP contribution is 2.27. The fraction of sp³-hybridized carbons (Fsp3) is 0.297. The predicted molar refractivity (Wildman–Crippen MR) is 182 cm³/mol. The third-order valence-corrected chi connectivity index (χ3v) is 9.61. The second-order valence-electron chi connectivity index (χ2n) is 11.4. The summed E-state index contributed by atoms with van der Waals surface area (Å²) >= 11 is 0. The third-order valence-electron chi connectivity index (χ3n) is 7.82. The molecule has 248 valence electrons. The predicted octanol–water partition coefficient (Wildman–Crippen LogP) is 6.28. The topological polar surface area (TPSA) is 96.0 Å². The number of amides is 2. The van der Waals surface area contributed by atoms with Crippen LogP contribution in [0, 0.1) is 12.7 Å². The Kier molecular flexibility index (Phi) is 12.1. The van der Waals surface area contributed by atoms with Crippen molar-refractivity contribution in [1.82, 2.24) is 10.2 Å². The van der Waals surface area contributed by atoms with Gasteiger partial charge in [-0.3, -0.25) is 13.9 Å². The SMILES string of the molecule is CCOc1ccc(S(=O)(=O)N(CC(=O)N(Cc2cccc(C)c2)[C@@H](Cc2ccccc2)C(=O)N[C@@H](C)CC)c2ccc(F)cc2)cc1. The number of carbonyl (C=O) groups is 2. The van der Waals surface area contributed by atoms with E-state index in [2.05, 4.69) is 5.32 Å². The van der Waals surface area contributed by atoms with Gasteiger partial charge in [0.2, 0.25) is 11.8 Å². The molecular formula is C37H42FN3O5S. The molecule has 0 spiro atoms. The van der Waals surface area contributed by atoms with Crippen molar-refractivity contribution in [3.05, 3.63) is 126 Å². The molecule has 2 amide bonds. The third kappa shape index (κ3) is 9.42. The van der Waals surface area contributed by atoms with Crippen molar-refractivity contribution in [2.45, 2.75) is 64.1 Å². The fourth-order valence-corrected chi connectivity index (χ4v) is 6.55. The molecular weight excluding hydrogens is 617 g/mol. The van der Waals surface area contributed by atoms with Gasteiger partial charge in [-0.05, 0) is 86.8 Å². The number of ether oxygens (including phenoxy) is 1. The van der Waals surface area contributed by atoms with E-state index in [1.54, 1.807) is 12.1 Å². The van der Waals surface area contributed by atoms with E-state index in [9.17, 15) is 22.4 Å². The average molecular weight is 660 g/mol. The van der Waals surface area contributed by atoms with Gasteiger partial charge in [-0.15, -0.1) is 0 Å². The first-order chi connectivity index (χ1) is 22.5. The maximum atomic E-state index is 14.5. The van der Waals surface area contributed by atoms with Gasteiger partial charge in [-0.25, -0.2) is 12.8 Å². The van der Waals surface area contributed by atoms with E-state index in [1.807, 2.05) is 82.3 Å². The van der Waals surface area contributed by atoms with Crippen molar-refractivity contribution in [3.63, 3.8) is 0 Å². The monoisotopic (exact) mass is 659 g/mol. The average Bonchev–Trinajstić information content (AvgIpc) is 3.06. The molecule has 4 aromatic rings. The van der Waals surface area contributed by atoms with Crippen LogP contribution < -0.4 is 14.4 Å². The van der Waals surface area contributed by atoms with Crippen LogP contribution in [0.3, 0.4) is 0 Å². The smallest absolute Gasteiger partial charge is 0.264 e. The van der Waals surface area contributed by atoms with E-state index in [0.717, 1.165) is 33.1 Å². The first-order valence-electron chi connectivity index (χ1n) is 15.7. The van der Waals surface area contributed by atoms with Gasteiger partial charge in [0.25, 0.3) is 10.0 Å². The van der Waals surface area contributed by atoms with Crippen molar-refractivity contribution in [2.24, 2.45) is 0 Å². The number of carbonyl (C=O) groups excluding carboxylic acids is 2. The number of hydrogen-bond acceptors (Lipinski definition) is 5. The Morgan fingerprint density at radius 1 is 0.872 bits per heavy atom. The van der Waals surface area contributed by atoms with Crippen LogP contribution in [-0.2, 0) is 32.6 Å². The van der Waals surface area contributed by atoms with Crippen LogP contribution in [0.4, 0.5) is 10.1 Å². The Balaban J connectivity index is 1.80. The number of aryl methyl sites for hydroxylation is 1. The largest absolute Gasteiger partial charge is 0.494 e. The summed E-state index contributed by atoms with van der Waals surface area (Å²) in [5.74, 6) is -0.988. The Labute approximate surface area is 277 Å². The molecule has 47 heavy (non-hydrogen) atoms. The van der Waals surface area contributed by atoms with E-state index >= 15 is 0 Å². The van der Waals surface area contributed by atoms with Gasteiger partial charge in [0, 0.05) is 19.0 Å². The van der Waals surface area contributed by atoms with Crippen molar-refractivity contribution in [2.75, 3.05) is 17.5 Å². The summed E-state index contributed by atoms with van der Waals surface area (Å²) in [5.41, 5.74) is 2.71. The summed E-state index contributed by atoms with van der Waals surface area (Å²) in [6.45, 7) is 7.45. The van der Waals surface area contributed by atoms with Crippen LogP contribution in [0.15, 0.2) is 108 Å². The minimum Gasteiger partial charge on any atom is -0.494 e. The highest BCUT2D eigenvalue weighted by molar-refractivity contribution is 7.92. The van der Waals surface area contributed by atoms with Gasteiger partial charge < -0.3 is 15.0 Å². The Hall–Kier alpha value is -4.70. The van der Waals surface area contributed by atoms with Gasteiger partial charge >= 0.3 is 0 Å². The lowest BCUT2D eigenvalue weighted by molar-refractivity contribution is -0.140. The van der Waals surface area contributed by atoms with Gasteiger partial charge in [-0.2, -0.15) is 0 Å². The maximum Gasteiger partial charge on any atom is 0.264 e. The van der Waals surface area contributed by atoms with Crippen LogP contribution >= 0.6 is 0 Å². The number of anilines is 1. The van der Waals surface area contributed by atoms with Crippen LogP contribution in [0.2, 0.25) is 0 Å². The zero-order valence-corrected chi connectivity index (χ0v) is 28.0. The molecule has 0 aromatic heterocycles. The molecule has 10 heteroatoms. The summed E-state index contributed by atoms with van der Waals surface area (Å²) in [6.07, 6.45) is 0.900. The van der Waals surface area contributed by atoms with Crippen LogP contribution in [0.25, 0.3) is 0 Å². The molecule has 0 aliphatic rings. The summed E-state index contributed by atoms with van der Waals surface area (Å²) < 4.78 is 48.8. The molecule has 0 saturated heterocycles. The minimum absolute atomic E-state index is 0.0618. The number of sulfonamides is 1. The van der Waals surface area contributed by atoms with E-state index in [-0.39, 0.29) is 35.5 Å².